The second-order valence-electron chi connectivity index (χ2n) is 5.84. The molecule has 1 rings (SSSR count). The summed E-state index contributed by atoms with van der Waals surface area (Å²) in [6.07, 6.45) is 1.27. The van der Waals surface area contributed by atoms with E-state index in [1.807, 2.05) is 0 Å². The highest BCUT2D eigenvalue weighted by atomic mass is 32.2. The first kappa shape index (κ1) is 15.8. The number of hydrogen-bond donors (Lipinski definition) is 0. The molecule has 0 amide bonds. The Morgan fingerprint density at radius 3 is 1.78 bits per heavy atom. The molecule has 0 N–H and O–H groups in total. The fourth-order valence-corrected chi connectivity index (χ4v) is 2.92. The molecule has 1 fully saturated rings. The summed E-state index contributed by atoms with van der Waals surface area (Å²) < 4.78 is 62.4. The minimum atomic E-state index is -5.45. The highest BCUT2D eigenvalue weighted by Crippen LogP contribution is 2.39. The van der Waals surface area contributed by atoms with E-state index in [9.17, 15) is 21.6 Å². The van der Waals surface area contributed by atoms with Crippen LogP contribution in [0.3, 0.4) is 0 Å². The quantitative estimate of drug-likeness (QED) is 0.577. The van der Waals surface area contributed by atoms with Crippen molar-refractivity contribution < 1.29 is 25.8 Å². The predicted molar refractivity (Wildman–Crippen MR) is 61.3 cm³/mol. The average Bonchev–Trinajstić information content (AvgIpc) is 2.14. The Morgan fingerprint density at radius 1 is 1.00 bits per heavy atom. The van der Waals surface area contributed by atoms with Gasteiger partial charge in [0.25, 0.3) is 0 Å². The maximum Gasteiger partial charge on any atom is 0.523 e. The highest BCUT2D eigenvalue weighted by Gasteiger charge is 2.49. The zero-order chi connectivity index (χ0) is 14.2. The lowest BCUT2D eigenvalue weighted by atomic mass is 9.72. The fourth-order valence-electron chi connectivity index (χ4n) is 2.26. The van der Waals surface area contributed by atoms with Crippen LogP contribution in [-0.4, -0.2) is 20.0 Å². The van der Waals surface area contributed by atoms with Crippen molar-refractivity contribution in [1.29, 1.82) is 0 Å². The van der Waals surface area contributed by atoms with E-state index in [1.54, 1.807) is 0 Å². The van der Waals surface area contributed by atoms with Gasteiger partial charge in [-0.15, -0.1) is 0 Å². The van der Waals surface area contributed by atoms with Gasteiger partial charge in [0.2, 0.25) is 0 Å². The van der Waals surface area contributed by atoms with Crippen LogP contribution in [0.4, 0.5) is 13.2 Å². The van der Waals surface area contributed by atoms with E-state index >= 15 is 0 Å². The number of halogens is 3. The van der Waals surface area contributed by atoms with Crippen molar-refractivity contribution in [3.63, 3.8) is 0 Å². The lowest BCUT2D eigenvalue weighted by Gasteiger charge is -2.36. The van der Waals surface area contributed by atoms with Crippen LogP contribution < -0.4 is 0 Å². The SMILES string of the molecule is CC(C)(C)C1CCC(OS(=O)(=O)C(F)(F)F)CC1. The highest BCUT2D eigenvalue weighted by molar-refractivity contribution is 7.87. The minimum Gasteiger partial charge on any atom is -0.260 e. The first-order chi connectivity index (χ1) is 7.93. The Labute approximate surface area is 106 Å². The van der Waals surface area contributed by atoms with Crippen LogP contribution in [-0.2, 0) is 14.3 Å². The number of rotatable bonds is 2. The molecule has 1 aliphatic carbocycles. The van der Waals surface area contributed by atoms with Crippen LogP contribution in [0.1, 0.15) is 46.5 Å². The average molecular weight is 288 g/mol. The van der Waals surface area contributed by atoms with Gasteiger partial charge in [0, 0.05) is 0 Å². The molecule has 0 atom stereocenters. The Balaban J connectivity index is 2.56. The Bertz CT molecular complexity index is 373. The summed E-state index contributed by atoms with van der Waals surface area (Å²) in [5, 5.41) is 0. The molecular formula is C11H19F3O3S. The van der Waals surface area contributed by atoms with Gasteiger partial charge in [0.05, 0.1) is 6.10 Å². The predicted octanol–water partition coefficient (Wildman–Crippen LogP) is 3.46. The summed E-state index contributed by atoms with van der Waals surface area (Å²) in [6, 6.07) is 0. The van der Waals surface area contributed by atoms with Gasteiger partial charge >= 0.3 is 15.6 Å². The second kappa shape index (κ2) is 5.00. The van der Waals surface area contributed by atoms with Crippen molar-refractivity contribution in [3.05, 3.63) is 0 Å². The van der Waals surface area contributed by atoms with Crippen molar-refractivity contribution in [1.82, 2.24) is 0 Å². The maximum atomic E-state index is 12.1. The zero-order valence-corrected chi connectivity index (χ0v) is 11.6. The largest absolute Gasteiger partial charge is 0.523 e. The molecule has 0 aromatic rings. The lowest BCUT2D eigenvalue weighted by Crippen LogP contribution is -2.34. The van der Waals surface area contributed by atoms with Crippen LogP contribution in [0, 0.1) is 11.3 Å². The van der Waals surface area contributed by atoms with Gasteiger partial charge < -0.3 is 0 Å². The van der Waals surface area contributed by atoms with Gasteiger partial charge in [-0.05, 0) is 37.0 Å². The van der Waals surface area contributed by atoms with E-state index in [4.69, 9.17) is 0 Å². The number of hydrogen-bond acceptors (Lipinski definition) is 3. The topological polar surface area (TPSA) is 43.4 Å². The normalized spacial score (nSPS) is 27.2. The molecule has 1 saturated carbocycles. The molecule has 0 spiro atoms. The van der Waals surface area contributed by atoms with Gasteiger partial charge in [-0.1, -0.05) is 20.8 Å². The minimum absolute atomic E-state index is 0.0911. The maximum absolute atomic E-state index is 12.1. The van der Waals surface area contributed by atoms with Crippen LogP contribution in [0.25, 0.3) is 0 Å². The Morgan fingerprint density at radius 2 is 1.44 bits per heavy atom. The molecule has 7 heteroatoms. The summed E-state index contributed by atoms with van der Waals surface area (Å²) in [7, 11) is -5.45. The summed E-state index contributed by atoms with van der Waals surface area (Å²) in [5.41, 5.74) is -5.23. The molecule has 0 aromatic heterocycles. The van der Waals surface area contributed by atoms with Crippen LogP contribution in [0.2, 0.25) is 0 Å². The lowest BCUT2D eigenvalue weighted by molar-refractivity contribution is -0.0596. The summed E-state index contributed by atoms with van der Waals surface area (Å²) in [5.74, 6) is 0.394. The first-order valence-corrected chi connectivity index (χ1v) is 7.34. The summed E-state index contributed by atoms with van der Waals surface area (Å²) in [6.45, 7) is 6.22. The van der Waals surface area contributed by atoms with E-state index < -0.39 is 21.7 Å². The van der Waals surface area contributed by atoms with Crippen molar-refractivity contribution in [3.8, 4) is 0 Å². The molecule has 0 aromatic carbocycles. The third-order valence-corrected chi connectivity index (χ3v) is 4.54. The van der Waals surface area contributed by atoms with Gasteiger partial charge in [-0.2, -0.15) is 21.6 Å². The van der Waals surface area contributed by atoms with Gasteiger partial charge in [0.1, 0.15) is 0 Å². The standard InChI is InChI=1S/C11H19F3O3S/c1-10(2,3)8-4-6-9(7-5-8)17-18(15,16)11(12,13)14/h8-9H,4-7H2,1-3H3. The molecule has 0 saturated heterocycles. The van der Waals surface area contributed by atoms with Crippen LogP contribution in [0.5, 0.6) is 0 Å². The smallest absolute Gasteiger partial charge is 0.260 e. The molecule has 0 radical (unpaired) electrons. The third kappa shape index (κ3) is 3.85. The molecule has 3 nitrogen and oxygen atoms in total. The Hall–Kier alpha value is -0.300. The van der Waals surface area contributed by atoms with Crippen LogP contribution >= 0.6 is 0 Å². The van der Waals surface area contributed by atoms with Crippen molar-refractivity contribution in [2.75, 3.05) is 0 Å². The van der Waals surface area contributed by atoms with Crippen LogP contribution in [0.15, 0.2) is 0 Å². The monoisotopic (exact) mass is 288 g/mol. The summed E-state index contributed by atoms with van der Waals surface area (Å²) in [4.78, 5) is 0. The van der Waals surface area contributed by atoms with E-state index in [0.29, 0.717) is 31.6 Å². The Kier molecular flexibility index (Phi) is 4.37. The van der Waals surface area contributed by atoms with Gasteiger partial charge in [-0.3, -0.25) is 4.18 Å². The molecule has 0 heterocycles. The number of alkyl halides is 3. The van der Waals surface area contributed by atoms with Crippen molar-refractivity contribution >= 4 is 10.1 Å². The van der Waals surface area contributed by atoms with Gasteiger partial charge in [-0.25, -0.2) is 0 Å². The van der Waals surface area contributed by atoms with Crippen molar-refractivity contribution in [2.45, 2.75) is 58.1 Å². The molecular weight excluding hydrogens is 269 g/mol. The molecule has 0 bridgehead atoms. The first-order valence-electron chi connectivity index (χ1n) is 5.93. The fraction of sp³-hybridized carbons (Fsp3) is 1.00. The molecule has 0 aliphatic heterocycles. The van der Waals surface area contributed by atoms with E-state index in [2.05, 4.69) is 25.0 Å². The molecule has 1 aliphatic rings. The third-order valence-electron chi connectivity index (χ3n) is 3.45. The van der Waals surface area contributed by atoms with E-state index in [0.717, 1.165) is 0 Å². The van der Waals surface area contributed by atoms with Gasteiger partial charge in [0.15, 0.2) is 0 Å². The van der Waals surface area contributed by atoms with E-state index in [-0.39, 0.29) is 5.41 Å². The van der Waals surface area contributed by atoms with E-state index in [1.165, 1.54) is 0 Å². The zero-order valence-electron chi connectivity index (χ0n) is 10.8. The van der Waals surface area contributed by atoms with Crippen molar-refractivity contribution in [2.24, 2.45) is 11.3 Å². The molecule has 108 valence electrons. The molecule has 18 heavy (non-hydrogen) atoms. The summed E-state index contributed by atoms with van der Waals surface area (Å²) >= 11 is 0. The molecule has 0 unspecified atom stereocenters. The second-order valence-corrected chi connectivity index (χ2v) is 7.40.